The van der Waals surface area contributed by atoms with E-state index in [9.17, 15) is 9.59 Å². The Balaban J connectivity index is 2.75. The maximum Gasteiger partial charge on any atom is 0.373 e. The van der Waals surface area contributed by atoms with Crippen LogP contribution in [0.25, 0.3) is 0 Å². The number of nitrogens with zero attached hydrogens (tertiary/aromatic N) is 1. The fourth-order valence-corrected chi connectivity index (χ4v) is 1.30. The van der Waals surface area contributed by atoms with Gasteiger partial charge in [0.1, 0.15) is 0 Å². The van der Waals surface area contributed by atoms with Crippen molar-refractivity contribution in [3.8, 4) is 0 Å². The van der Waals surface area contributed by atoms with Gasteiger partial charge in [0.05, 0.1) is 0 Å². The summed E-state index contributed by atoms with van der Waals surface area (Å²) in [6.07, 6.45) is 3.58. The molecule has 15 heavy (non-hydrogen) atoms. The number of carboxylic acid groups (broad SMARTS) is 1. The van der Waals surface area contributed by atoms with Crippen LogP contribution >= 0.6 is 0 Å². The molecule has 1 unspecified atom stereocenters. The van der Waals surface area contributed by atoms with Crippen molar-refractivity contribution in [3.05, 3.63) is 30.6 Å². The monoisotopic (exact) mass is 209 g/mol. The Morgan fingerprint density at radius 3 is 2.33 bits per heavy atom. The minimum Gasteiger partial charge on any atom is -0.476 e. The molecule has 0 spiro atoms. The average molecular weight is 209 g/mol. The van der Waals surface area contributed by atoms with Gasteiger partial charge in [-0.2, -0.15) is 4.57 Å². The third-order valence-corrected chi connectivity index (χ3v) is 2.05. The summed E-state index contributed by atoms with van der Waals surface area (Å²) in [4.78, 5) is 21.5. The van der Waals surface area contributed by atoms with Crippen molar-refractivity contribution in [1.29, 1.82) is 0 Å². The first-order valence-electron chi connectivity index (χ1n) is 4.58. The zero-order chi connectivity index (χ0) is 11.3. The molecule has 80 valence electrons. The molecule has 1 aromatic rings. The first-order chi connectivity index (χ1) is 7.11. The maximum atomic E-state index is 10.9. The van der Waals surface area contributed by atoms with Gasteiger partial charge in [-0.1, -0.05) is 6.07 Å². The van der Waals surface area contributed by atoms with E-state index in [1.807, 2.05) is 0 Å². The SMILES string of the molecule is NC(=O)CCC(C(=O)O)[n+]1ccccc1. The number of pyridine rings is 1. The quantitative estimate of drug-likeness (QED) is 0.662. The molecule has 0 aliphatic heterocycles. The summed E-state index contributed by atoms with van der Waals surface area (Å²) in [5.41, 5.74) is 4.98. The Bertz CT molecular complexity index is 351. The van der Waals surface area contributed by atoms with Crippen LogP contribution < -0.4 is 10.3 Å². The Labute approximate surface area is 87.1 Å². The predicted molar refractivity (Wildman–Crippen MR) is 51.7 cm³/mol. The van der Waals surface area contributed by atoms with Gasteiger partial charge in [-0.05, 0) is 0 Å². The second kappa shape index (κ2) is 5.09. The number of carbonyl (C=O) groups excluding carboxylic acids is 1. The highest BCUT2D eigenvalue weighted by Crippen LogP contribution is 2.05. The number of rotatable bonds is 5. The van der Waals surface area contributed by atoms with E-state index in [2.05, 4.69) is 0 Å². The maximum absolute atomic E-state index is 10.9. The Morgan fingerprint density at radius 1 is 1.27 bits per heavy atom. The third kappa shape index (κ3) is 3.38. The minimum absolute atomic E-state index is 0.0683. The average Bonchev–Trinajstić information content (AvgIpc) is 2.18. The predicted octanol–water partition coefficient (Wildman–Crippen LogP) is -0.135. The molecule has 5 nitrogen and oxygen atoms in total. The van der Waals surface area contributed by atoms with E-state index in [0.717, 1.165) is 0 Å². The van der Waals surface area contributed by atoms with E-state index in [1.54, 1.807) is 35.2 Å². The topological polar surface area (TPSA) is 84.3 Å². The lowest BCUT2D eigenvalue weighted by atomic mass is 10.1. The van der Waals surface area contributed by atoms with Crippen LogP contribution in [0.3, 0.4) is 0 Å². The molecule has 0 aromatic carbocycles. The molecule has 1 heterocycles. The standard InChI is InChI=1S/C10H12N2O3/c11-9(13)5-4-8(10(14)15)12-6-2-1-3-7-12/h1-3,6-8H,4-5H2,(H2-,11,13,14,15)/p+1. The van der Waals surface area contributed by atoms with E-state index < -0.39 is 17.9 Å². The van der Waals surface area contributed by atoms with E-state index in [1.165, 1.54) is 0 Å². The van der Waals surface area contributed by atoms with Crippen LogP contribution in [0, 0.1) is 0 Å². The highest BCUT2D eigenvalue weighted by Gasteiger charge is 2.26. The second-order valence-corrected chi connectivity index (χ2v) is 3.18. The fraction of sp³-hybridized carbons (Fsp3) is 0.300. The number of nitrogens with two attached hydrogens (primary N) is 1. The lowest BCUT2D eigenvalue weighted by Gasteiger charge is -2.05. The molecule has 5 heteroatoms. The number of carbonyl (C=O) groups is 2. The molecule has 1 amide bonds. The van der Waals surface area contributed by atoms with Crippen molar-refractivity contribution in [1.82, 2.24) is 0 Å². The zero-order valence-electron chi connectivity index (χ0n) is 8.17. The van der Waals surface area contributed by atoms with Crippen LogP contribution in [0.4, 0.5) is 0 Å². The molecule has 0 radical (unpaired) electrons. The van der Waals surface area contributed by atoms with E-state index in [-0.39, 0.29) is 12.8 Å². The molecular weight excluding hydrogens is 196 g/mol. The molecule has 1 aromatic heterocycles. The third-order valence-electron chi connectivity index (χ3n) is 2.05. The lowest BCUT2D eigenvalue weighted by molar-refractivity contribution is -0.711. The van der Waals surface area contributed by atoms with Gasteiger partial charge in [-0.3, -0.25) is 4.79 Å². The number of hydrogen-bond acceptors (Lipinski definition) is 2. The van der Waals surface area contributed by atoms with Crippen LogP contribution in [0.2, 0.25) is 0 Å². The number of amides is 1. The Morgan fingerprint density at radius 2 is 1.87 bits per heavy atom. The van der Waals surface area contributed by atoms with Crippen LogP contribution in [-0.4, -0.2) is 17.0 Å². The van der Waals surface area contributed by atoms with E-state index >= 15 is 0 Å². The Kier molecular flexibility index (Phi) is 3.79. The van der Waals surface area contributed by atoms with Crippen molar-refractivity contribution in [2.75, 3.05) is 0 Å². The van der Waals surface area contributed by atoms with E-state index in [0.29, 0.717) is 0 Å². The van der Waals surface area contributed by atoms with E-state index in [4.69, 9.17) is 10.8 Å². The minimum atomic E-state index is -0.965. The molecule has 1 rings (SSSR count). The number of carboxylic acids is 1. The fourth-order valence-electron chi connectivity index (χ4n) is 1.30. The van der Waals surface area contributed by atoms with Crippen LogP contribution in [0.15, 0.2) is 30.6 Å². The molecule has 3 N–H and O–H groups in total. The molecule has 0 bridgehead atoms. The molecule has 0 fully saturated rings. The zero-order valence-corrected chi connectivity index (χ0v) is 8.17. The summed E-state index contributed by atoms with van der Waals surface area (Å²) >= 11 is 0. The van der Waals surface area contributed by atoms with Gasteiger partial charge < -0.3 is 10.8 Å². The number of aromatic nitrogens is 1. The second-order valence-electron chi connectivity index (χ2n) is 3.18. The van der Waals surface area contributed by atoms with Crippen LogP contribution in [0.5, 0.6) is 0 Å². The molecular formula is C10H13N2O3+. The van der Waals surface area contributed by atoms with Crippen molar-refractivity contribution < 1.29 is 19.3 Å². The van der Waals surface area contributed by atoms with Gasteiger partial charge in [0.2, 0.25) is 5.91 Å². The summed E-state index contributed by atoms with van der Waals surface area (Å²) in [6.45, 7) is 0. The number of aliphatic carboxylic acids is 1. The van der Waals surface area contributed by atoms with Gasteiger partial charge in [0.15, 0.2) is 12.4 Å². The summed E-state index contributed by atoms with van der Waals surface area (Å²) < 4.78 is 1.55. The number of primary amides is 1. The molecule has 0 saturated carbocycles. The van der Waals surface area contributed by atoms with Gasteiger partial charge in [0.25, 0.3) is 6.04 Å². The van der Waals surface area contributed by atoms with Crippen molar-refractivity contribution in [3.63, 3.8) is 0 Å². The summed E-state index contributed by atoms with van der Waals surface area (Å²) in [6, 6.07) is 4.53. The van der Waals surface area contributed by atoms with Gasteiger partial charge in [-0.25, -0.2) is 4.79 Å². The highest BCUT2D eigenvalue weighted by molar-refractivity contribution is 5.75. The Hall–Kier alpha value is -1.91. The molecule has 0 aliphatic carbocycles. The van der Waals surface area contributed by atoms with Crippen LogP contribution in [0.1, 0.15) is 18.9 Å². The van der Waals surface area contributed by atoms with Gasteiger partial charge in [-0.15, -0.1) is 0 Å². The highest BCUT2D eigenvalue weighted by atomic mass is 16.4. The normalized spacial score (nSPS) is 12.0. The number of hydrogen-bond donors (Lipinski definition) is 2. The molecule has 0 saturated heterocycles. The van der Waals surface area contributed by atoms with Gasteiger partial charge in [0, 0.05) is 25.0 Å². The lowest BCUT2D eigenvalue weighted by Crippen LogP contribution is -2.43. The summed E-state index contributed by atoms with van der Waals surface area (Å²) in [7, 11) is 0. The summed E-state index contributed by atoms with van der Waals surface area (Å²) in [5, 5.41) is 8.97. The van der Waals surface area contributed by atoms with Crippen molar-refractivity contribution >= 4 is 11.9 Å². The van der Waals surface area contributed by atoms with Crippen molar-refractivity contribution in [2.24, 2.45) is 5.73 Å². The molecule has 1 atom stereocenters. The largest absolute Gasteiger partial charge is 0.476 e. The van der Waals surface area contributed by atoms with Crippen molar-refractivity contribution in [2.45, 2.75) is 18.9 Å². The first kappa shape index (κ1) is 11.2. The smallest absolute Gasteiger partial charge is 0.373 e. The van der Waals surface area contributed by atoms with Gasteiger partial charge >= 0.3 is 5.97 Å². The van der Waals surface area contributed by atoms with Crippen LogP contribution in [-0.2, 0) is 9.59 Å². The molecule has 0 aliphatic rings. The first-order valence-corrected chi connectivity index (χ1v) is 4.58. The summed E-state index contributed by atoms with van der Waals surface area (Å²) in [5.74, 6) is -1.45.